The molecule has 1 aromatic rings. The average molecular weight is 220 g/mol. The molecule has 0 N–H and O–H groups in total. The lowest BCUT2D eigenvalue weighted by Crippen LogP contribution is -1.94. The average Bonchev–Trinajstić information content (AvgIpc) is 2.17. The van der Waals surface area contributed by atoms with Crippen molar-refractivity contribution in [3.05, 3.63) is 23.4 Å². The highest BCUT2D eigenvalue weighted by Crippen LogP contribution is 2.23. The molecule has 15 heavy (non-hydrogen) atoms. The Morgan fingerprint density at radius 2 is 2.27 bits per heavy atom. The maximum atomic E-state index is 9.00. The maximum Gasteiger partial charge on any atom is 0.114 e. The summed E-state index contributed by atoms with van der Waals surface area (Å²) in [6.07, 6.45) is 2.93. The molecule has 2 nitrogen and oxygen atoms in total. The van der Waals surface area contributed by atoms with Gasteiger partial charge >= 0.3 is 0 Å². The van der Waals surface area contributed by atoms with Crippen molar-refractivity contribution in [2.24, 2.45) is 5.92 Å². The van der Waals surface area contributed by atoms with E-state index in [9.17, 15) is 0 Å². The van der Waals surface area contributed by atoms with Crippen molar-refractivity contribution in [3.63, 3.8) is 0 Å². The molecule has 1 rings (SSSR count). The second-order valence-electron chi connectivity index (χ2n) is 3.95. The van der Waals surface area contributed by atoms with E-state index in [4.69, 9.17) is 5.26 Å². The van der Waals surface area contributed by atoms with Crippen molar-refractivity contribution >= 4 is 11.8 Å². The van der Waals surface area contributed by atoms with Gasteiger partial charge in [0.25, 0.3) is 0 Å². The molecule has 0 aromatic carbocycles. The van der Waals surface area contributed by atoms with Gasteiger partial charge in [-0.05, 0) is 36.6 Å². The van der Waals surface area contributed by atoms with Gasteiger partial charge in [-0.1, -0.05) is 13.8 Å². The first kappa shape index (κ1) is 12.1. The molecular formula is C12H16N2S. The van der Waals surface area contributed by atoms with Crippen LogP contribution in [0.1, 0.15) is 31.4 Å². The van der Waals surface area contributed by atoms with Crippen LogP contribution in [0.4, 0.5) is 0 Å². The number of rotatable bonds is 4. The van der Waals surface area contributed by atoms with Gasteiger partial charge in [-0.25, -0.2) is 4.98 Å². The van der Waals surface area contributed by atoms with Crippen LogP contribution in [0.2, 0.25) is 0 Å². The lowest BCUT2D eigenvalue weighted by Gasteiger charge is -2.06. The standard InChI is InChI=1S/C12H16N2S/c1-9(2)5-7-15-12-11(8-13)10(3)4-6-14-12/h4,6,9H,5,7H2,1-3H3. The summed E-state index contributed by atoms with van der Waals surface area (Å²) in [4.78, 5) is 4.25. The van der Waals surface area contributed by atoms with E-state index >= 15 is 0 Å². The summed E-state index contributed by atoms with van der Waals surface area (Å²) in [7, 11) is 0. The van der Waals surface area contributed by atoms with E-state index in [0.717, 1.165) is 28.3 Å². The Hall–Kier alpha value is -1.01. The zero-order valence-electron chi connectivity index (χ0n) is 9.45. The minimum absolute atomic E-state index is 0.702. The van der Waals surface area contributed by atoms with E-state index in [0.29, 0.717) is 5.92 Å². The van der Waals surface area contributed by atoms with Crippen LogP contribution in [0.15, 0.2) is 17.3 Å². The van der Waals surface area contributed by atoms with E-state index in [1.165, 1.54) is 0 Å². The molecule has 1 heterocycles. The zero-order chi connectivity index (χ0) is 11.3. The third kappa shape index (κ3) is 3.56. The van der Waals surface area contributed by atoms with E-state index in [-0.39, 0.29) is 0 Å². The quantitative estimate of drug-likeness (QED) is 0.730. The molecule has 3 heteroatoms. The van der Waals surface area contributed by atoms with Gasteiger partial charge in [0.1, 0.15) is 11.1 Å². The molecule has 0 aliphatic rings. The van der Waals surface area contributed by atoms with Crippen LogP contribution in [-0.4, -0.2) is 10.7 Å². The predicted molar refractivity (Wildman–Crippen MR) is 63.9 cm³/mol. The number of nitrogens with zero attached hydrogens (tertiary/aromatic N) is 2. The molecule has 0 saturated heterocycles. The molecule has 0 aliphatic heterocycles. The highest BCUT2D eigenvalue weighted by molar-refractivity contribution is 7.99. The minimum Gasteiger partial charge on any atom is -0.249 e. The van der Waals surface area contributed by atoms with Crippen molar-refractivity contribution in [1.29, 1.82) is 5.26 Å². The molecule has 80 valence electrons. The summed E-state index contributed by atoms with van der Waals surface area (Å²) < 4.78 is 0. The van der Waals surface area contributed by atoms with Gasteiger partial charge in [-0.3, -0.25) is 0 Å². The molecule has 0 bridgehead atoms. The fraction of sp³-hybridized carbons (Fsp3) is 0.500. The highest BCUT2D eigenvalue weighted by Gasteiger charge is 2.06. The Bertz CT molecular complexity index is 366. The first-order valence-corrected chi connectivity index (χ1v) is 6.12. The van der Waals surface area contributed by atoms with Crippen LogP contribution >= 0.6 is 11.8 Å². The summed E-state index contributed by atoms with van der Waals surface area (Å²) in [6, 6.07) is 4.10. The van der Waals surface area contributed by atoms with Gasteiger partial charge in [0.05, 0.1) is 5.56 Å². The minimum atomic E-state index is 0.702. The number of pyridine rings is 1. The zero-order valence-corrected chi connectivity index (χ0v) is 10.3. The SMILES string of the molecule is Cc1ccnc(SCCC(C)C)c1C#N. The van der Waals surface area contributed by atoms with Gasteiger partial charge in [-0.2, -0.15) is 5.26 Å². The number of hydrogen-bond donors (Lipinski definition) is 0. The normalized spacial score (nSPS) is 10.3. The highest BCUT2D eigenvalue weighted by atomic mass is 32.2. The Labute approximate surface area is 95.7 Å². The number of thioether (sulfide) groups is 1. The molecule has 1 aromatic heterocycles. The van der Waals surface area contributed by atoms with Crippen molar-refractivity contribution in [3.8, 4) is 6.07 Å². The topological polar surface area (TPSA) is 36.7 Å². The fourth-order valence-corrected chi connectivity index (χ4v) is 2.44. The fourth-order valence-electron chi connectivity index (χ4n) is 1.17. The van der Waals surface area contributed by atoms with Crippen molar-refractivity contribution in [1.82, 2.24) is 4.98 Å². The monoisotopic (exact) mass is 220 g/mol. The number of nitriles is 1. The Morgan fingerprint density at radius 3 is 2.87 bits per heavy atom. The van der Waals surface area contributed by atoms with Crippen LogP contribution in [-0.2, 0) is 0 Å². The molecule has 0 atom stereocenters. The van der Waals surface area contributed by atoms with E-state index in [1.54, 1.807) is 18.0 Å². The van der Waals surface area contributed by atoms with E-state index in [1.807, 2.05) is 13.0 Å². The lowest BCUT2D eigenvalue weighted by atomic mass is 10.2. The molecule has 0 fully saturated rings. The molecule has 0 radical (unpaired) electrons. The van der Waals surface area contributed by atoms with Gasteiger partial charge < -0.3 is 0 Å². The van der Waals surface area contributed by atoms with Crippen LogP contribution in [0.5, 0.6) is 0 Å². The van der Waals surface area contributed by atoms with E-state index < -0.39 is 0 Å². The lowest BCUT2D eigenvalue weighted by molar-refractivity contribution is 0.632. The smallest absolute Gasteiger partial charge is 0.114 e. The first-order chi connectivity index (χ1) is 7.15. The molecule has 0 amide bonds. The van der Waals surface area contributed by atoms with Crippen molar-refractivity contribution in [2.45, 2.75) is 32.2 Å². The van der Waals surface area contributed by atoms with Crippen LogP contribution < -0.4 is 0 Å². The Morgan fingerprint density at radius 1 is 1.53 bits per heavy atom. The van der Waals surface area contributed by atoms with Crippen LogP contribution in [0, 0.1) is 24.2 Å². The molecule has 0 saturated carbocycles. The predicted octanol–water partition coefficient (Wildman–Crippen LogP) is 3.40. The van der Waals surface area contributed by atoms with Crippen LogP contribution in [0.3, 0.4) is 0 Å². The summed E-state index contributed by atoms with van der Waals surface area (Å²) in [5.41, 5.74) is 1.74. The van der Waals surface area contributed by atoms with Gasteiger partial charge in [-0.15, -0.1) is 11.8 Å². The van der Waals surface area contributed by atoms with Gasteiger partial charge in [0, 0.05) is 6.20 Å². The molecule has 0 spiro atoms. The van der Waals surface area contributed by atoms with Crippen molar-refractivity contribution in [2.75, 3.05) is 5.75 Å². The number of hydrogen-bond acceptors (Lipinski definition) is 3. The Balaban J connectivity index is 2.69. The molecule has 0 aliphatic carbocycles. The Kier molecular flexibility index (Phi) is 4.64. The second-order valence-corrected chi connectivity index (χ2v) is 5.03. The summed E-state index contributed by atoms with van der Waals surface area (Å²) in [5, 5.41) is 9.88. The van der Waals surface area contributed by atoms with Crippen LogP contribution in [0.25, 0.3) is 0 Å². The van der Waals surface area contributed by atoms with E-state index in [2.05, 4.69) is 24.9 Å². The third-order valence-electron chi connectivity index (χ3n) is 2.17. The summed E-state index contributed by atoms with van der Waals surface area (Å²) in [5.74, 6) is 1.73. The second kappa shape index (κ2) is 5.77. The third-order valence-corrected chi connectivity index (χ3v) is 3.19. The molecular weight excluding hydrogens is 204 g/mol. The van der Waals surface area contributed by atoms with Gasteiger partial charge in [0.2, 0.25) is 0 Å². The largest absolute Gasteiger partial charge is 0.249 e. The summed E-state index contributed by atoms with van der Waals surface area (Å²) in [6.45, 7) is 6.36. The number of aromatic nitrogens is 1. The first-order valence-electron chi connectivity index (χ1n) is 5.13. The molecule has 0 unspecified atom stereocenters. The number of aryl methyl sites for hydroxylation is 1. The maximum absolute atomic E-state index is 9.00. The van der Waals surface area contributed by atoms with Gasteiger partial charge in [0.15, 0.2) is 0 Å². The van der Waals surface area contributed by atoms with Crippen molar-refractivity contribution < 1.29 is 0 Å². The summed E-state index contributed by atoms with van der Waals surface area (Å²) >= 11 is 1.68.